The first-order valence-electron chi connectivity index (χ1n) is 21.4. The maximum Gasteiger partial charge on any atom is 0.343 e. The summed E-state index contributed by atoms with van der Waals surface area (Å²) in [6.45, 7) is 25.7. The molecular formula is C56H58O8. The number of hydrogen-bond acceptors (Lipinski definition) is 8. The van der Waals surface area contributed by atoms with Crippen LogP contribution in [0.4, 0.5) is 0 Å². The second kappa shape index (κ2) is 18.1. The third-order valence-electron chi connectivity index (χ3n) is 12.4. The standard InChI is InChI=1S/C56H58O8/c1-31-23-44(24-32(2)48(31)61-14)55(10,11)45-25-33(3)50(34(4)26-45)63-53(59)42-19-21-43(22-20-42)54(60)64-51-37(7)29-47(30-38(51)8)56(12,13)46-27-35(5)49(36(6)28-46)62-52(58)41-17-15-40(16-18-41)39(9)57/h15-30H,1-14H3. The van der Waals surface area contributed by atoms with Crippen LogP contribution in [0.5, 0.6) is 23.0 Å². The molecule has 0 saturated heterocycles. The van der Waals surface area contributed by atoms with Crippen molar-refractivity contribution < 1.29 is 38.1 Å². The lowest BCUT2D eigenvalue weighted by Gasteiger charge is -2.29. The van der Waals surface area contributed by atoms with Gasteiger partial charge in [0.15, 0.2) is 5.78 Å². The second-order valence-electron chi connectivity index (χ2n) is 18.1. The maximum atomic E-state index is 13.5. The highest BCUT2D eigenvalue weighted by Gasteiger charge is 2.29. The van der Waals surface area contributed by atoms with Gasteiger partial charge in [-0.1, -0.05) is 88.4 Å². The van der Waals surface area contributed by atoms with Crippen LogP contribution in [0.1, 0.15) is 143 Å². The smallest absolute Gasteiger partial charge is 0.343 e. The van der Waals surface area contributed by atoms with Crippen molar-refractivity contribution in [2.24, 2.45) is 0 Å². The molecule has 0 amide bonds. The van der Waals surface area contributed by atoms with Gasteiger partial charge in [-0.05, 0) is 165 Å². The molecule has 6 aromatic carbocycles. The van der Waals surface area contributed by atoms with E-state index < -0.39 is 23.3 Å². The highest BCUT2D eigenvalue weighted by atomic mass is 16.5. The van der Waals surface area contributed by atoms with Crippen LogP contribution in [0.3, 0.4) is 0 Å². The number of hydrogen-bond donors (Lipinski definition) is 0. The van der Waals surface area contributed by atoms with Crippen LogP contribution in [0, 0.1) is 55.4 Å². The van der Waals surface area contributed by atoms with Gasteiger partial charge in [-0.2, -0.15) is 0 Å². The van der Waals surface area contributed by atoms with Crippen LogP contribution in [0.15, 0.2) is 97.1 Å². The van der Waals surface area contributed by atoms with E-state index in [1.807, 2.05) is 65.8 Å². The van der Waals surface area contributed by atoms with Crippen molar-refractivity contribution in [1.29, 1.82) is 0 Å². The summed E-state index contributed by atoms with van der Waals surface area (Å²) in [5.74, 6) is 0.712. The molecule has 0 aliphatic heterocycles. The number of carbonyl (C=O) groups is 4. The zero-order chi connectivity index (χ0) is 47.0. The minimum Gasteiger partial charge on any atom is -0.496 e. The normalized spacial score (nSPS) is 11.5. The maximum absolute atomic E-state index is 13.5. The molecule has 64 heavy (non-hydrogen) atoms. The number of rotatable bonds is 12. The third kappa shape index (κ3) is 9.42. The van der Waals surface area contributed by atoms with Gasteiger partial charge in [-0.25, -0.2) is 14.4 Å². The van der Waals surface area contributed by atoms with Gasteiger partial charge >= 0.3 is 17.9 Å². The largest absolute Gasteiger partial charge is 0.496 e. The third-order valence-corrected chi connectivity index (χ3v) is 12.4. The van der Waals surface area contributed by atoms with Gasteiger partial charge < -0.3 is 18.9 Å². The summed E-state index contributed by atoms with van der Waals surface area (Å²) in [5, 5.41) is 0. The molecule has 0 unspecified atom stereocenters. The molecule has 0 radical (unpaired) electrons. The molecular weight excluding hydrogens is 801 g/mol. The monoisotopic (exact) mass is 858 g/mol. The molecule has 0 aromatic heterocycles. The first-order chi connectivity index (χ1) is 30.0. The van der Waals surface area contributed by atoms with Crippen molar-refractivity contribution in [3.05, 3.63) is 186 Å². The molecule has 6 rings (SSSR count). The summed E-state index contributed by atoms with van der Waals surface area (Å²) >= 11 is 0. The van der Waals surface area contributed by atoms with Gasteiger partial charge in [0.2, 0.25) is 0 Å². The van der Waals surface area contributed by atoms with Crippen molar-refractivity contribution in [1.82, 2.24) is 0 Å². The van der Waals surface area contributed by atoms with Gasteiger partial charge in [0.1, 0.15) is 23.0 Å². The van der Waals surface area contributed by atoms with Gasteiger partial charge in [0.05, 0.1) is 23.8 Å². The second-order valence-corrected chi connectivity index (χ2v) is 18.1. The summed E-state index contributed by atoms with van der Waals surface area (Å²) < 4.78 is 23.4. The van der Waals surface area contributed by atoms with Crippen molar-refractivity contribution >= 4 is 23.7 Å². The van der Waals surface area contributed by atoms with E-state index >= 15 is 0 Å². The van der Waals surface area contributed by atoms with Gasteiger partial charge in [-0.3, -0.25) is 4.79 Å². The molecule has 0 spiro atoms. The fourth-order valence-corrected chi connectivity index (χ4v) is 8.42. The van der Waals surface area contributed by atoms with Gasteiger partial charge in [0, 0.05) is 16.4 Å². The average molecular weight is 859 g/mol. The predicted octanol–water partition coefficient (Wildman–Crippen LogP) is 12.7. The molecule has 330 valence electrons. The summed E-state index contributed by atoms with van der Waals surface area (Å²) in [5.41, 5.74) is 12.1. The van der Waals surface area contributed by atoms with Crippen LogP contribution in [-0.4, -0.2) is 30.8 Å². The Bertz CT molecular complexity index is 2730. The molecule has 0 atom stereocenters. The summed E-state index contributed by atoms with van der Waals surface area (Å²) in [4.78, 5) is 51.6. The molecule has 8 nitrogen and oxygen atoms in total. The Morgan fingerprint density at radius 1 is 0.359 bits per heavy atom. The molecule has 6 aromatic rings. The molecule has 0 saturated carbocycles. The number of Topliss-reactive ketones (excluding diaryl/α,β-unsaturated/α-hetero) is 1. The number of methoxy groups -OCH3 is 1. The Kier molecular flexibility index (Phi) is 13.2. The predicted molar refractivity (Wildman–Crippen MR) is 252 cm³/mol. The number of benzene rings is 6. The van der Waals surface area contributed by atoms with E-state index in [9.17, 15) is 19.2 Å². The minimum absolute atomic E-state index is 0.0744. The fraction of sp³-hybridized carbons (Fsp3) is 0.286. The Balaban J connectivity index is 1.13. The average Bonchev–Trinajstić information content (AvgIpc) is 3.24. The van der Waals surface area contributed by atoms with E-state index in [-0.39, 0.29) is 11.2 Å². The Labute approximate surface area is 377 Å². The SMILES string of the molecule is COc1c(C)cc(C(C)(C)c2cc(C)c(OC(=O)c3ccc(C(=O)Oc4c(C)cc(C(C)(C)c5cc(C)c(OC(=O)c6ccc(C(C)=O)cc6)c(C)c5)cc4C)cc3)c(C)c2)cc1C. The molecule has 0 N–H and O–H groups in total. The first kappa shape index (κ1) is 46.7. The Morgan fingerprint density at radius 3 is 0.766 bits per heavy atom. The highest BCUT2D eigenvalue weighted by Crippen LogP contribution is 2.41. The van der Waals surface area contributed by atoms with Crippen LogP contribution >= 0.6 is 0 Å². The number of ketones is 1. The van der Waals surface area contributed by atoms with Crippen molar-refractivity contribution in [3.8, 4) is 23.0 Å². The van der Waals surface area contributed by atoms with Crippen LogP contribution < -0.4 is 18.9 Å². The lowest BCUT2D eigenvalue weighted by atomic mass is 9.76. The molecule has 0 aliphatic rings. The lowest BCUT2D eigenvalue weighted by Crippen LogP contribution is -2.21. The Morgan fingerprint density at radius 2 is 0.562 bits per heavy atom. The van der Waals surface area contributed by atoms with E-state index in [0.717, 1.165) is 66.9 Å². The molecule has 0 aliphatic carbocycles. The molecule has 8 heteroatoms. The summed E-state index contributed by atoms with van der Waals surface area (Å²) in [7, 11) is 1.69. The van der Waals surface area contributed by atoms with Crippen LogP contribution in [0.25, 0.3) is 0 Å². The zero-order valence-electron chi connectivity index (χ0n) is 39.5. The summed E-state index contributed by atoms with van der Waals surface area (Å²) in [6.07, 6.45) is 0. The van der Waals surface area contributed by atoms with Crippen LogP contribution in [-0.2, 0) is 10.8 Å². The van der Waals surface area contributed by atoms with Gasteiger partial charge in [0.25, 0.3) is 0 Å². The number of carbonyl (C=O) groups excluding carboxylic acids is 4. The van der Waals surface area contributed by atoms with Crippen molar-refractivity contribution in [3.63, 3.8) is 0 Å². The first-order valence-corrected chi connectivity index (χ1v) is 21.4. The van der Waals surface area contributed by atoms with Crippen molar-refractivity contribution in [2.45, 2.75) is 101 Å². The molecule has 0 heterocycles. The Hall–Kier alpha value is -6.80. The fourth-order valence-electron chi connectivity index (χ4n) is 8.42. The van der Waals surface area contributed by atoms with E-state index in [2.05, 4.69) is 65.8 Å². The van der Waals surface area contributed by atoms with Crippen molar-refractivity contribution in [2.75, 3.05) is 7.11 Å². The van der Waals surface area contributed by atoms with Crippen LogP contribution in [0.2, 0.25) is 0 Å². The minimum atomic E-state index is -0.545. The summed E-state index contributed by atoms with van der Waals surface area (Å²) in [6, 6.07) is 29.3. The van der Waals surface area contributed by atoms with Gasteiger partial charge in [-0.15, -0.1) is 0 Å². The zero-order valence-corrected chi connectivity index (χ0v) is 39.5. The van der Waals surface area contributed by atoms with E-state index in [1.165, 1.54) is 12.5 Å². The number of aryl methyl sites for hydroxylation is 8. The number of esters is 3. The lowest BCUT2D eigenvalue weighted by molar-refractivity contribution is 0.0718. The number of ether oxygens (including phenoxy) is 4. The quantitative estimate of drug-likeness (QED) is 0.0680. The van der Waals surface area contributed by atoms with E-state index in [0.29, 0.717) is 39.5 Å². The molecule has 0 bridgehead atoms. The van der Waals surface area contributed by atoms with E-state index in [4.69, 9.17) is 18.9 Å². The highest BCUT2D eigenvalue weighted by molar-refractivity contribution is 5.97. The van der Waals surface area contributed by atoms with E-state index in [1.54, 1.807) is 55.6 Å². The molecule has 0 fully saturated rings. The topological polar surface area (TPSA) is 105 Å².